The van der Waals surface area contributed by atoms with Crippen LogP contribution in [0.1, 0.15) is 149 Å². The summed E-state index contributed by atoms with van der Waals surface area (Å²) in [6.45, 7) is 14.1. The van der Waals surface area contributed by atoms with Gasteiger partial charge in [0.15, 0.2) is 0 Å². The van der Waals surface area contributed by atoms with E-state index in [1.165, 1.54) is 17.7 Å². The molecule has 1 saturated heterocycles. The van der Waals surface area contributed by atoms with E-state index < -0.39 is 116 Å². The van der Waals surface area contributed by atoms with Crippen LogP contribution in [0.4, 0.5) is 5.82 Å². The molecule has 6 aromatic rings. The molecular weight excluding hydrogens is 1310 g/mol. The van der Waals surface area contributed by atoms with Gasteiger partial charge in [0, 0.05) is 61.2 Å². The molecule has 0 bridgehead atoms. The summed E-state index contributed by atoms with van der Waals surface area (Å²) in [5.41, 5.74) is 1.31. The number of unbranched alkanes of at least 4 members (excludes halogenated alkanes) is 1. The van der Waals surface area contributed by atoms with Crippen molar-refractivity contribution in [3.8, 4) is 0 Å². The number of benzene rings is 4. The molecule has 1 aliphatic heterocycles. The fourth-order valence-corrected chi connectivity index (χ4v) is 18.7. The Kier molecular flexibility index (Phi) is 28.8. The zero-order valence-corrected chi connectivity index (χ0v) is 60.4. The van der Waals surface area contributed by atoms with E-state index in [-0.39, 0.29) is 86.1 Å². The molecule has 538 valence electrons. The number of carbonyl (C=O) groups excluding carboxylic acids is 8. The van der Waals surface area contributed by atoms with Crippen molar-refractivity contribution in [2.45, 2.75) is 204 Å². The molecule has 2 fully saturated rings. The number of fused-ring (bicyclic) bond motifs is 1. The summed E-state index contributed by atoms with van der Waals surface area (Å²) in [6, 6.07) is 32.7. The second kappa shape index (κ2) is 37.3. The number of para-hydroxylation sites is 1. The van der Waals surface area contributed by atoms with E-state index in [0.29, 0.717) is 12.4 Å². The van der Waals surface area contributed by atoms with E-state index in [1.807, 2.05) is 80.6 Å². The van der Waals surface area contributed by atoms with E-state index >= 15 is 0 Å². The van der Waals surface area contributed by atoms with E-state index in [1.54, 1.807) is 62.3 Å². The zero-order valence-electron chi connectivity index (χ0n) is 58.6. The van der Waals surface area contributed by atoms with Crippen molar-refractivity contribution >= 4 is 94.6 Å². The number of H-pyrrole nitrogens is 1. The first-order valence-electron chi connectivity index (χ1n) is 34.9. The zero-order chi connectivity index (χ0) is 71.9. The van der Waals surface area contributed by atoms with Gasteiger partial charge in [-0.15, -0.1) is 11.8 Å². The fourth-order valence-electron chi connectivity index (χ4n) is 13.0. The largest absolute Gasteiger partial charge is 0.467 e. The lowest BCUT2D eigenvalue weighted by Crippen LogP contribution is -2.67. The number of hydrogen-bond donors (Lipinski definition) is 8. The number of nitrogens with zero attached hydrogens (tertiary/aromatic N) is 2. The van der Waals surface area contributed by atoms with Gasteiger partial charge in [-0.25, -0.2) is 9.59 Å². The molecule has 0 radical (unpaired) electrons. The molecule has 8 rings (SSSR count). The van der Waals surface area contributed by atoms with Crippen molar-refractivity contribution in [1.29, 1.82) is 0 Å². The van der Waals surface area contributed by atoms with E-state index in [2.05, 4.69) is 86.9 Å². The molecule has 1 aliphatic carbocycles. The minimum atomic E-state index is -2.84. The number of methoxy groups -OCH3 is 1. The van der Waals surface area contributed by atoms with Crippen LogP contribution in [0.2, 0.25) is 5.04 Å². The quantitative estimate of drug-likeness (QED) is 0.0108. The van der Waals surface area contributed by atoms with E-state index in [9.17, 15) is 48.3 Å². The monoisotopic (exact) mass is 1410 g/mol. The summed E-state index contributed by atoms with van der Waals surface area (Å²) < 4.78 is 25.6. The van der Waals surface area contributed by atoms with Crippen LogP contribution in [0, 0.1) is 11.8 Å². The maximum atomic E-state index is 14.6. The number of aromatic nitrogens is 3. The fraction of sp³-hybridized carbons (Fsp3) is 0.493. The second-order valence-electron chi connectivity index (χ2n) is 27.7. The number of amides is 6. The number of carbonyl (C=O) groups is 8. The third-order valence-corrected chi connectivity index (χ3v) is 24.3. The lowest BCUT2D eigenvalue weighted by Gasteiger charge is -2.43. The van der Waals surface area contributed by atoms with Crippen LogP contribution < -0.4 is 48.0 Å². The Bertz CT molecular complexity index is 3710. The molecule has 3 heterocycles. The summed E-state index contributed by atoms with van der Waals surface area (Å²) in [5.74, 6) is -5.12. The Labute approximate surface area is 590 Å². The number of rotatable bonds is 35. The topological polar surface area (TPSA) is 317 Å². The van der Waals surface area contributed by atoms with Gasteiger partial charge in [-0.2, -0.15) is 4.98 Å². The summed E-state index contributed by atoms with van der Waals surface area (Å²) in [5, 5.41) is 31.3. The van der Waals surface area contributed by atoms with Gasteiger partial charge in [-0.05, 0) is 102 Å². The number of thioether (sulfide) groups is 1. The highest BCUT2D eigenvalue weighted by Gasteiger charge is 2.51. The first kappa shape index (κ1) is 77.2. The third kappa shape index (κ3) is 22.0. The molecular formula is C75H99N9O14SSi. The van der Waals surface area contributed by atoms with Gasteiger partial charge in [0.2, 0.25) is 35.4 Å². The summed E-state index contributed by atoms with van der Waals surface area (Å²) in [4.78, 5) is 131. The molecule has 8 N–H and O–H groups in total. The smallest absolute Gasteiger partial charge is 0.351 e. The normalized spacial score (nSPS) is 16.9. The van der Waals surface area contributed by atoms with Crippen LogP contribution >= 0.6 is 11.8 Å². The highest BCUT2D eigenvalue weighted by Crippen LogP contribution is 2.39. The molecule has 2 aromatic heterocycles. The van der Waals surface area contributed by atoms with Crippen molar-refractivity contribution < 1.29 is 62.1 Å². The maximum Gasteiger partial charge on any atom is 0.351 e. The average molecular weight is 1410 g/mol. The molecule has 1 saturated carbocycles. The SMILES string of the molecule is COC(=O)[C@H](Cc1ccccc1)NC(=O)[C@H](CCC(=O)OC1CCCCC1)NC(=O)C[C@H](O)[C@H](CC(C)C)NC(=O)[C@@H](NC(=O)[C@H](Cc1c[nH]c2ccccc12)NC(=O)CCCCC(=O)Nc1ccn([C@H]2CS[C@@H](CO[Si](c3ccccc3)(c3ccccc3)C(C)(C)C)O2)c(=O)n1)C(C)C. The first-order valence-corrected chi connectivity index (χ1v) is 37.8. The number of ether oxygens (including phenoxy) is 3. The van der Waals surface area contributed by atoms with Crippen LogP contribution in [0.15, 0.2) is 139 Å². The molecule has 8 atom stereocenters. The maximum absolute atomic E-state index is 14.6. The number of esters is 2. The van der Waals surface area contributed by atoms with Crippen LogP contribution in [0.25, 0.3) is 10.9 Å². The number of aromatic amines is 1. The minimum Gasteiger partial charge on any atom is -0.467 e. The van der Waals surface area contributed by atoms with Crippen molar-refractivity contribution in [2.75, 3.05) is 24.8 Å². The molecule has 6 amide bonds. The first-order chi connectivity index (χ1) is 47.9. The van der Waals surface area contributed by atoms with Crippen LogP contribution in [0.5, 0.6) is 0 Å². The standard InChI is InChI=1S/C75H99N9O14SSi/c1-48(2)41-58(61(85)44-65(88)77-57(37-38-67(89)97-52-27-15-10-16-28-52)70(90)80-60(73(93)95-8)42-50-25-13-9-14-26-50)79-72(92)69(49(3)4)83-71(91)59(43-51-45-76-56-34-22-21-33-55(51)56)78-63(86)35-23-24-36-64(87)81-62-39-40-84(74(94)82-62)66-47-99-68(98-66)46-96-100(75(5,6)7,53-29-17-11-18-30-53)54-31-19-12-20-32-54/h9,11-14,17-22,25-26,29-34,39-40,45,48-49,52,57-61,66,68-69,76,85H,10,15-16,23-24,27-28,35-38,41-44,46-47H2,1-8H3,(H,77,88)(H,78,86)(H,79,92)(H,80,90)(H,83,91)(H,81,82,87,94)/t57-,58-,59-,60-,61-,66+,68-,69-/m0/s1. The number of hydrogen-bond acceptors (Lipinski definition) is 16. The van der Waals surface area contributed by atoms with Gasteiger partial charge >= 0.3 is 17.6 Å². The minimum absolute atomic E-state index is 0.000523. The van der Waals surface area contributed by atoms with Crippen molar-refractivity contribution in [2.24, 2.45) is 11.8 Å². The molecule has 100 heavy (non-hydrogen) atoms. The van der Waals surface area contributed by atoms with Gasteiger partial charge in [-0.3, -0.25) is 38.1 Å². The number of aliphatic hydroxyl groups excluding tert-OH is 1. The summed E-state index contributed by atoms with van der Waals surface area (Å²) in [7, 11) is -1.64. The highest BCUT2D eigenvalue weighted by atomic mass is 32.2. The third-order valence-electron chi connectivity index (χ3n) is 18.2. The molecule has 23 nitrogen and oxygen atoms in total. The van der Waals surface area contributed by atoms with Crippen molar-refractivity contribution in [3.05, 3.63) is 155 Å². The molecule has 0 spiro atoms. The Hall–Kier alpha value is -8.49. The summed E-state index contributed by atoms with van der Waals surface area (Å²) >= 11 is 1.56. The summed E-state index contributed by atoms with van der Waals surface area (Å²) in [6.07, 6.45) is 5.07. The Morgan fingerprint density at radius 3 is 1.96 bits per heavy atom. The van der Waals surface area contributed by atoms with Gasteiger partial charge in [0.1, 0.15) is 47.8 Å². The predicted molar refractivity (Wildman–Crippen MR) is 386 cm³/mol. The highest BCUT2D eigenvalue weighted by molar-refractivity contribution is 8.00. The lowest BCUT2D eigenvalue weighted by molar-refractivity contribution is -0.151. The second-order valence-corrected chi connectivity index (χ2v) is 33.2. The Morgan fingerprint density at radius 2 is 1.33 bits per heavy atom. The Balaban J connectivity index is 0.853. The van der Waals surface area contributed by atoms with Crippen molar-refractivity contribution in [1.82, 2.24) is 41.1 Å². The molecule has 2 aliphatic rings. The molecule has 25 heteroatoms. The van der Waals surface area contributed by atoms with Gasteiger partial charge in [0.25, 0.3) is 8.32 Å². The van der Waals surface area contributed by atoms with Crippen LogP contribution in [0.3, 0.4) is 0 Å². The average Bonchev–Trinajstić information content (AvgIpc) is 0.798. The van der Waals surface area contributed by atoms with E-state index in [0.717, 1.165) is 64.5 Å². The molecule has 0 unspecified atom stereocenters. The van der Waals surface area contributed by atoms with Crippen molar-refractivity contribution in [3.63, 3.8) is 0 Å². The number of anilines is 1. The van der Waals surface area contributed by atoms with Gasteiger partial charge < -0.3 is 60.6 Å². The van der Waals surface area contributed by atoms with Gasteiger partial charge in [0.05, 0.1) is 32.3 Å². The predicted octanol–water partition coefficient (Wildman–Crippen LogP) is 7.58. The molecule has 4 aromatic carbocycles. The van der Waals surface area contributed by atoms with Crippen LogP contribution in [-0.2, 0) is 69.8 Å². The Morgan fingerprint density at radius 1 is 0.710 bits per heavy atom. The number of aliphatic hydroxyl groups is 1. The van der Waals surface area contributed by atoms with E-state index in [4.69, 9.17) is 18.6 Å². The van der Waals surface area contributed by atoms with Crippen LogP contribution in [-0.4, -0.2) is 143 Å². The van der Waals surface area contributed by atoms with Gasteiger partial charge in [-0.1, -0.05) is 164 Å². The number of nitrogens with one attached hydrogen (secondary N) is 7. The lowest BCUT2D eigenvalue weighted by atomic mass is 9.95.